The first-order valence-electron chi connectivity index (χ1n) is 1.17. The van der Waals surface area contributed by atoms with Crippen LogP contribution in [0.4, 0.5) is 0 Å². The number of hydrogen-bond donors (Lipinski definition) is 2. The molecule has 30 valence electrons. The number of hydrogen-bond acceptors (Lipinski definition) is 2. The lowest BCUT2D eigenvalue weighted by atomic mass is 11.3. The second-order valence-electron chi connectivity index (χ2n) is 0.454. The highest BCUT2D eigenvalue weighted by Gasteiger charge is 1.63. The lowest BCUT2D eigenvalue weighted by Gasteiger charge is -1.74. The predicted molar refractivity (Wildman–Crippen MR) is 19.8 cm³/mol. The zero-order valence-electron chi connectivity index (χ0n) is 2.64. The molecule has 3 N–H and O–H groups in total. The van der Waals surface area contributed by atoms with Gasteiger partial charge >= 0.3 is 0 Å². The van der Waals surface area contributed by atoms with Gasteiger partial charge in [-0.3, -0.25) is 4.57 Å². The first-order chi connectivity index (χ1) is 2.41. The summed E-state index contributed by atoms with van der Waals surface area (Å²) in [5.41, 5.74) is 4.82. The fraction of sp³-hybridized carbons (Fsp3) is 1.00. The first kappa shape index (κ1) is 5.02. The van der Waals surface area contributed by atoms with E-state index in [9.17, 15) is 4.57 Å². The minimum atomic E-state index is -0.0953. The first-order valence-corrected chi connectivity index (χ1v) is 1.98. The number of nitrogens with two attached hydrogens (primary N) is 1. The molecule has 0 bridgehead atoms. The molecule has 0 fully saturated rings. The van der Waals surface area contributed by atoms with Crippen molar-refractivity contribution in [1.29, 1.82) is 0 Å². The normalized spacial score (nSPS) is 9.00. The van der Waals surface area contributed by atoms with Crippen molar-refractivity contribution in [2.24, 2.45) is 5.73 Å². The third-order valence-corrected chi connectivity index (χ3v) is 0.468. The van der Waals surface area contributed by atoms with E-state index in [2.05, 4.69) is 5.09 Å². The summed E-state index contributed by atoms with van der Waals surface area (Å²) in [5, 5.41) is 2.31. The van der Waals surface area contributed by atoms with Crippen molar-refractivity contribution >= 4 is 8.61 Å². The van der Waals surface area contributed by atoms with Crippen LogP contribution in [-0.4, -0.2) is 6.67 Å². The van der Waals surface area contributed by atoms with Crippen molar-refractivity contribution in [3.05, 3.63) is 0 Å². The van der Waals surface area contributed by atoms with Gasteiger partial charge in [0, 0.05) is 0 Å². The van der Waals surface area contributed by atoms with E-state index in [4.69, 9.17) is 5.73 Å². The van der Waals surface area contributed by atoms with Gasteiger partial charge in [0.05, 0.1) is 6.67 Å². The molecule has 0 aromatic carbocycles. The molecular formula is CH5N2OP. The maximum absolute atomic E-state index is 9.31. The summed E-state index contributed by atoms with van der Waals surface area (Å²) in [7, 11) is -0.0953. The summed E-state index contributed by atoms with van der Waals surface area (Å²) >= 11 is 0. The second kappa shape index (κ2) is 4.02. The fourth-order valence-electron chi connectivity index (χ4n) is 0.0373. The van der Waals surface area contributed by atoms with Gasteiger partial charge in [-0.05, 0) is 0 Å². The molecule has 0 aliphatic rings. The Balaban J connectivity index is 2.40. The quantitative estimate of drug-likeness (QED) is 0.363. The van der Waals surface area contributed by atoms with E-state index in [1.807, 2.05) is 0 Å². The van der Waals surface area contributed by atoms with E-state index in [0.717, 1.165) is 0 Å². The summed E-state index contributed by atoms with van der Waals surface area (Å²) in [6, 6.07) is 0. The minimum absolute atomic E-state index is 0.0953. The van der Waals surface area contributed by atoms with Crippen molar-refractivity contribution in [2.75, 3.05) is 6.67 Å². The SMILES string of the molecule is NCNP=O. The lowest BCUT2D eigenvalue weighted by Crippen LogP contribution is -2.10. The molecule has 3 nitrogen and oxygen atoms in total. The number of nitrogens with one attached hydrogen (secondary N) is 1. The zero-order valence-corrected chi connectivity index (χ0v) is 3.53. The van der Waals surface area contributed by atoms with Gasteiger partial charge in [-0.25, -0.2) is 5.09 Å². The molecule has 0 radical (unpaired) electrons. The maximum atomic E-state index is 9.31. The molecule has 0 aromatic heterocycles. The molecule has 0 rings (SSSR count). The average molecular weight is 92.0 g/mol. The summed E-state index contributed by atoms with van der Waals surface area (Å²) in [4.78, 5) is 0. The molecule has 0 amide bonds. The maximum Gasteiger partial charge on any atom is 0.247 e. The van der Waals surface area contributed by atoms with E-state index in [0.29, 0.717) is 0 Å². The Labute approximate surface area is 31.8 Å². The van der Waals surface area contributed by atoms with Crippen LogP contribution in [0.5, 0.6) is 0 Å². The molecule has 0 spiro atoms. The standard InChI is InChI=1S/CH5N2OP/c2-1-3-5-4/h1-2H2,(H,3,4). The Kier molecular flexibility index (Phi) is 4.04. The van der Waals surface area contributed by atoms with E-state index in [-0.39, 0.29) is 15.3 Å². The van der Waals surface area contributed by atoms with Crippen molar-refractivity contribution in [2.45, 2.75) is 0 Å². The molecule has 0 unspecified atom stereocenters. The predicted octanol–water partition coefficient (Wildman–Crippen LogP) is -0.301. The van der Waals surface area contributed by atoms with Gasteiger partial charge in [-0.1, -0.05) is 0 Å². The molecule has 0 aliphatic heterocycles. The topological polar surface area (TPSA) is 55.1 Å². The van der Waals surface area contributed by atoms with Crippen LogP contribution >= 0.6 is 8.61 Å². The van der Waals surface area contributed by atoms with E-state index in [1.54, 1.807) is 0 Å². The van der Waals surface area contributed by atoms with Crippen molar-refractivity contribution < 1.29 is 4.57 Å². The van der Waals surface area contributed by atoms with Crippen LogP contribution in [0.1, 0.15) is 0 Å². The molecule has 5 heavy (non-hydrogen) atoms. The van der Waals surface area contributed by atoms with Crippen LogP contribution in [0.25, 0.3) is 0 Å². The fourth-order valence-corrected chi connectivity index (χ4v) is 0.112. The molecular weight excluding hydrogens is 87.0 g/mol. The van der Waals surface area contributed by atoms with Crippen molar-refractivity contribution in [3.63, 3.8) is 0 Å². The van der Waals surface area contributed by atoms with E-state index in [1.165, 1.54) is 0 Å². The molecule has 4 heteroatoms. The van der Waals surface area contributed by atoms with Crippen LogP contribution < -0.4 is 10.8 Å². The summed E-state index contributed by atoms with van der Waals surface area (Å²) in [6.45, 7) is 0.269. The van der Waals surface area contributed by atoms with Gasteiger partial charge in [0.2, 0.25) is 8.61 Å². The molecule has 0 saturated heterocycles. The average Bonchev–Trinajstić information content (AvgIpc) is 1.41. The van der Waals surface area contributed by atoms with Gasteiger partial charge < -0.3 is 5.73 Å². The Bertz CT molecular complexity index is 30.8. The molecule has 0 aromatic rings. The summed E-state index contributed by atoms with van der Waals surface area (Å²) < 4.78 is 9.31. The highest BCUT2D eigenvalue weighted by molar-refractivity contribution is 7.21. The van der Waals surface area contributed by atoms with Crippen molar-refractivity contribution in [1.82, 2.24) is 5.09 Å². The molecule has 0 aliphatic carbocycles. The Morgan fingerprint density at radius 1 is 2.00 bits per heavy atom. The van der Waals surface area contributed by atoms with Crippen LogP contribution in [0.3, 0.4) is 0 Å². The summed E-state index contributed by atoms with van der Waals surface area (Å²) in [6.07, 6.45) is 0. The smallest absolute Gasteiger partial charge is 0.247 e. The second-order valence-corrected chi connectivity index (χ2v) is 0.952. The minimum Gasteiger partial charge on any atom is -0.318 e. The lowest BCUT2D eigenvalue weighted by molar-refractivity contribution is 0.592. The van der Waals surface area contributed by atoms with Crippen LogP contribution in [0.15, 0.2) is 0 Å². The van der Waals surface area contributed by atoms with Gasteiger partial charge in [-0.15, -0.1) is 0 Å². The van der Waals surface area contributed by atoms with Crippen LogP contribution in [-0.2, 0) is 4.57 Å². The highest BCUT2D eigenvalue weighted by Crippen LogP contribution is 1.70. The largest absolute Gasteiger partial charge is 0.318 e. The van der Waals surface area contributed by atoms with Gasteiger partial charge in [0.15, 0.2) is 0 Å². The van der Waals surface area contributed by atoms with Gasteiger partial charge in [-0.2, -0.15) is 0 Å². The summed E-state index contributed by atoms with van der Waals surface area (Å²) in [5.74, 6) is 0. The molecule has 0 heterocycles. The monoisotopic (exact) mass is 92.0 g/mol. The van der Waals surface area contributed by atoms with Crippen LogP contribution in [0.2, 0.25) is 0 Å². The highest BCUT2D eigenvalue weighted by atomic mass is 31.1. The Morgan fingerprint density at radius 2 is 2.60 bits per heavy atom. The Hall–Kier alpha value is 0.0200. The van der Waals surface area contributed by atoms with Gasteiger partial charge in [0.1, 0.15) is 0 Å². The van der Waals surface area contributed by atoms with E-state index >= 15 is 0 Å². The molecule has 0 atom stereocenters. The van der Waals surface area contributed by atoms with E-state index < -0.39 is 0 Å². The molecule has 0 saturated carbocycles. The van der Waals surface area contributed by atoms with Crippen molar-refractivity contribution in [3.8, 4) is 0 Å². The Morgan fingerprint density at radius 3 is 2.60 bits per heavy atom. The van der Waals surface area contributed by atoms with Gasteiger partial charge in [0.25, 0.3) is 0 Å². The third-order valence-electron chi connectivity index (χ3n) is 0.156. The third kappa shape index (κ3) is 4.02. The number of rotatable bonds is 2. The van der Waals surface area contributed by atoms with Crippen LogP contribution in [0, 0.1) is 0 Å². The zero-order chi connectivity index (χ0) is 4.12.